The summed E-state index contributed by atoms with van der Waals surface area (Å²) in [6, 6.07) is 3.07. The van der Waals surface area contributed by atoms with Crippen LogP contribution >= 0.6 is 0 Å². The second-order valence-corrected chi connectivity index (χ2v) is 6.87. The van der Waals surface area contributed by atoms with E-state index >= 15 is 0 Å². The molecule has 1 aromatic carbocycles. The van der Waals surface area contributed by atoms with E-state index in [4.69, 9.17) is 0 Å². The fourth-order valence-electron chi connectivity index (χ4n) is 2.38. The molecule has 4 nitrogen and oxygen atoms in total. The number of rotatable bonds is 3. The van der Waals surface area contributed by atoms with Gasteiger partial charge in [-0.05, 0) is 18.7 Å². The maximum Gasteiger partial charge on any atom is 0.502 e. The lowest BCUT2D eigenvalue weighted by Gasteiger charge is -2.35. The van der Waals surface area contributed by atoms with Gasteiger partial charge in [0, 0.05) is 26.2 Å². The highest BCUT2D eigenvalue weighted by Crippen LogP contribution is 2.34. The predicted molar refractivity (Wildman–Crippen MR) is 74.0 cm³/mol. The van der Waals surface area contributed by atoms with Crippen molar-refractivity contribution in [2.75, 3.05) is 37.6 Å². The van der Waals surface area contributed by atoms with E-state index in [2.05, 4.69) is 4.90 Å². The summed E-state index contributed by atoms with van der Waals surface area (Å²) in [7, 11) is -5.70. The molecule has 0 amide bonds. The highest BCUT2D eigenvalue weighted by Gasteiger charge is 2.48. The summed E-state index contributed by atoms with van der Waals surface area (Å²) in [6.45, 7) is 4.96. The van der Waals surface area contributed by atoms with Gasteiger partial charge >= 0.3 is 5.51 Å². The minimum atomic E-state index is -5.70. The van der Waals surface area contributed by atoms with Gasteiger partial charge in [-0.1, -0.05) is 13.0 Å². The number of hydrogen-bond donors (Lipinski definition) is 0. The Bertz CT molecular complexity index is 638. The predicted octanol–water partition coefficient (Wildman–Crippen LogP) is 2.26. The van der Waals surface area contributed by atoms with Crippen molar-refractivity contribution in [3.8, 4) is 0 Å². The van der Waals surface area contributed by atoms with Crippen molar-refractivity contribution in [3.63, 3.8) is 0 Å². The van der Waals surface area contributed by atoms with Crippen LogP contribution in [0.4, 0.5) is 23.2 Å². The number of likely N-dealkylation sites (N-methyl/N-ethyl adjacent to an activating group) is 1. The second-order valence-electron chi connectivity index (χ2n) is 4.96. The third-order valence-corrected chi connectivity index (χ3v) is 5.20. The van der Waals surface area contributed by atoms with Crippen LogP contribution in [-0.2, 0) is 9.84 Å². The highest BCUT2D eigenvalue weighted by atomic mass is 32.2. The molecule has 0 aliphatic carbocycles. The van der Waals surface area contributed by atoms with Crippen molar-refractivity contribution >= 4 is 15.5 Å². The number of hydrogen-bond acceptors (Lipinski definition) is 4. The number of sulfone groups is 1. The Morgan fingerprint density at radius 3 is 2.23 bits per heavy atom. The van der Waals surface area contributed by atoms with Crippen LogP contribution in [0.15, 0.2) is 23.1 Å². The van der Waals surface area contributed by atoms with Gasteiger partial charge in [-0.3, -0.25) is 0 Å². The molecule has 0 atom stereocenters. The lowest BCUT2D eigenvalue weighted by atomic mass is 10.2. The van der Waals surface area contributed by atoms with Crippen molar-refractivity contribution in [2.45, 2.75) is 17.3 Å². The van der Waals surface area contributed by atoms with E-state index in [9.17, 15) is 26.0 Å². The van der Waals surface area contributed by atoms with Crippen molar-refractivity contribution in [2.24, 2.45) is 0 Å². The molecule has 9 heteroatoms. The molecular weight excluding hydrogens is 324 g/mol. The zero-order valence-electron chi connectivity index (χ0n) is 11.9. The fraction of sp³-hybridized carbons (Fsp3) is 0.538. The van der Waals surface area contributed by atoms with Gasteiger partial charge in [-0.2, -0.15) is 13.2 Å². The third-order valence-electron chi connectivity index (χ3n) is 3.70. The number of anilines is 1. The topological polar surface area (TPSA) is 40.6 Å². The fourth-order valence-corrected chi connectivity index (χ4v) is 3.23. The SMILES string of the molecule is CCN1CCN(c2cccc(S(=O)(=O)C(F)(F)F)c2F)CC1. The second kappa shape index (κ2) is 6.04. The van der Waals surface area contributed by atoms with Crippen LogP contribution in [0.5, 0.6) is 0 Å². The molecule has 1 aliphatic rings. The Balaban J connectivity index is 2.36. The van der Waals surface area contributed by atoms with Crippen LogP contribution < -0.4 is 4.90 Å². The van der Waals surface area contributed by atoms with E-state index in [1.165, 1.54) is 6.07 Å². The van der Waals surface area contributed by atoms with Crippen LogP contribution in [-0.4, -0.2) is 51.5 Å². The first kappa shape index (κ1) is 17.0. The molecule has 0 spiro atoms. The Morgan fingerprint density at radius 1 is 1.14 bits per heavy atom. The summed E-state index contributed by atoms with van der Waals surface area (Å²) in [5.41, 5.74) is -5.63. The molecule has 0 radical (unpaired) electrons. The Labute approximate surface area is 126 Å². The molecule has 22 heavy (non-hydrogen) atoms. The minimum absolute atomic E-state index is 0.110. The monoisotopic (exact) mass is 340 g/mol. The molecule has 1 aliphatic heterocycles. The molecular formula is C13H16F4N2O2S. The normalized spacial score (nSPS) is 17.8. The Hall–Kier alpha value is -1.35. The Kier molecular flexibility index (Phi) is 4.67. The molecule has 0 saturated carbocycles. The van der Waals surface area contributed by atoms with Gasteiger partial charge in [0.2, 0.25) is 0 Å². The van der Waals surface area contributed by atoms with E-state index in [1.807, 2.05) is 6.92 Å². The van der Waals surface area contributed by atoms with E-state index in [-0.39, 0.29) is 5.69 Å². The average Bonchev–Trinajstić information content (AvgIpc) is 2.46. The van der Waals surface area contributed by atoms with Crippen LogP contribution in [0.25, 0.3) is 0 Å². The van der Waals surface area contributed by atoms with E-state index < -0.39 is 26.1 Å². The number of benzene rings is 1. The van der Waals surface area contributed by atoms with Crippen molar-refractivity contribution in [1.82, 2.24) is 4.90 Å². The van der Waals surface area contributed by atoms with Crippen molar-refractivity contribution in [1.29, 1.82) is 0 Å². The first-order valence-electron chi connectivity index (χ1n) is 6.75. The maximum atomic E-state index is 14.3. The lowest BCUT2D eigenvalue weighted by Crippen LogP contribution is -2.46. The molecule has 1 saturated heterocycles. The zero-order chi connectivity index (χ0) is 16.5. The molecule has 2 rings (SSSR count). The third kappa shape index (κ3) is 3.05. The summed E-state index contributed by atoms with van der Waals surface area (Å²) in [5, 5.41) is 0. The van der Waals surface area contributed by atoms with Gasteiger partial charge in [0.25, 0.3) is 9.84 Å². The average molecular weight is 340 g/mol. The van der Waals surface area contributed by atoms with E-state index in [1.54, 1.807) is 4.90 Å². The largest absolute Gasteiger partial charge is 0.502 e. The molecule has 0 aromatic heterocycles. The summed E-state index contributed by atoms with van der Waals surface area (Å²) in [5.74, 6) is -1.34. The molecule has 0 bridgehead atoms. The number of piperazine rings is 1. The van der Waals surface area contributed by atoms with Crippen LogP contribution in [0, 0.1) is 5.82 Å². The highest BCUT2D eigenvalue weighted by molar-refractivity contribution is 7.92. The first-order chi connectivity index (χ1) is 10.2. The minimum Gasteiger partial charge on any atom is -0.367 e. The van der Waals surface area contributed by atoms with Gasteiger partial charge in [-0.15, -0.1) is 0 Å². The van der Waals surface area contributed by atoms with Crippen LogP contribution in [0.2, 0.25) is 0 Å². The van der Waals surface area contributed by atoms with Gasteiger partial charge < -0.3 is 9.80 Å². The first-order valence-corrected chi connectivity index (χ1v) is 8.24. The van der Waals surface area contributed by atoms with E-state index in [0.29, 0.717) is 32.2 Å². The lowest BCUT2D eigenvalue weighted by molar-refractivity contribution is -0.0437. The Morgan fingerprint density at radius 2 is 1.73 bits per heavy atom. The molecule has 1 fully saturated rings. The van der Waals surface area contributed by atoms with Crippen LogP contribution in [0.3, 0.4) is 0 Å². The molecule has 0 N–H and O–H groups in total. The van der Waals surface area contributed by atoms with Gasteiger partial charge in [0.15, 0.2) is 5.82 Å². The maximum absolute atomic E-state index is 14.3. The molecule has 1 heterocycles. The standard InChI is InChI=1S/C13H16F4N2O2S/c1-2-18-6-8-19(9-7-18)10-4-3-5-11(12(10)14)22(20,21)13(15,16)17/h3-5H,2,6-9H2,1H3. The molecule has 124 valence electrons. The summed E-state index contributed by atoms with van der Waals surface area (Å²) in [4.78, 5) is 2.36. The summed E-state index contributed by atoms with van der Waals surface area (Å²) in [6.07, 6.45) is 0. The van der Waals surface area contributed by atoms with Crippen molar-refractivity contribution < 1.29 is 26.0 Å². The number of alkyl halides is 3. The van der Waals surface area contributed by atoms with Crippen LogP contribution in [0.1, 0.15) is 6.92 Å². The molecule has 0 unspecified atom stereocenters. The van der Waals surface area contributed by atoms with Gasteiger partial charge in [0.05, 0.1) is 5.69 Å². The summed E-state index contributed by atoms with van der Waals surface area (Å²) < 4.78 is 74.9. The van der Waals surface area contributed by atoms with E-state index in [0.717, 1.165) is 12.6 Å². The number of nitrogens with zero attached hydrogens (tertiary/aromatic N) is 2. The number of halogens is 4. The smallest absolute Gasteiger partial charge is 0.367 e. The quantitative estimate of drug-likeness (QED) is 0.792. The zero-order valence-corrected chi connectivity index (χ0v) is 12.7. The van der Waals surface area contributed by atoms with Gasteiger partial charge in [-0.25, -0.2) is 12.8 Å². The van der Waals surface area contributed by atoms with Gasteiger partial charge in [0.1, 0.15) is 4.90 Å². The molecule has 1 aromatic rings. The summed E-state index contributed by atoms with van der Waals surface area (Å²) >= 11 is 0. The van der Waals surface area contributed by atoms with Crippen molar-refractivity contribution in [3.05, 3.63) is 24.0 Å².